The van der Waals surface area contributed by atoms with Gasteiger partial charge in [0, 0.05) is 113 Å². The van der Waals surface area contributed by atoms with Gasteiger partial charge < -0.3 is 79.6 Å². The highest BCUT2D eigenvalue weighted by molar-refractivity contribution is 5.96. The largest absolute Gasteiger partial charge is 0.478 e. The van der Waals surface area contributed by atoms with Crippen LogP contribution in [0, 0.1) is 34.4 Å². The maximum Gasteiger partial charge on any atom is 0.337 e. The number of nitrogens with zero attached hydrogens (tertiary/aromatic N) is 11. The maximum atomic E-state index is 11.9. The molecule has 0 radical (unpaired) electrons. The summed E-state index contributed by atoms with van der Waals surface area (Å²) in [5.41, 5.74) is 30.8. The van der Waals surface area contributed by atoms with E-state index >= 15 is 0 Å². The minimum absolute atomic E-state index is 0.0141. The lowest BCUT2D eigenvalue weighted by molar-refractivity contribution is 0.0695. The average molecular weight is 1410 g/mol. The minimum atomic E-state index is -1.01. The number of ether oxygens (including phenoxy) is 2. The summed E-state index contributed by atoms with van der Waals surface area (Å²) in [4.78, 5) is 86.8. The van der Waals surface area contributed by atoms with Gasteiger partial charge in [0.15, 0.2) is 12.0 Å². The zero-order valence-corrected chi connectivity index (χ0v) is 58.3. The van der Waals surface area contributed by atoms with Crippen molar-refractivity contribution in [2.24, 2.45) is 26.4 Å². The van der Waals surface area contributed by atoms with Gasteiger partial charge in [-0.25, -0.2) is 4.79 Å². The number of carboxylic acids is 1. The number of aliphatic hydroxyl groups excluding tert-OH is 4. The molecule has 544 valence electrons. The molecule has 0 atom stereocenters. The summed E-state index contributed by atoms with van der Waals surface area (Å²) in [5, 5.41) is 78.2. The number of carboxylic acid groups (broad SMARTS) is 1. The van der Waals surface area contributed by atoms with E-state index in [-0.39, 0.29) is 98.5 Å². The number of nitrogens with one attached hydrogen (secondary N) is 4. The van der Waals surface area contributed by atoms with Crippen molar-refractivity contribution in [3.05, 3.63) is 192 Å². The molecule has 0 spiro atoms. The first kappa shape index (κ1) is 89.8. The Kier molecular flexibility index (Phi) is 46.5. The lowest BCUT2D eigenvalue weighted by Gasteiger charge is -2.19. The van der Waals surface area contributed by atoms with Crippen LogP contribution < -0.4 is 59.4 Å². The first-order chi connectivity index (χ1) is 48.6. The number of carbonyl (C=O) groups is 5. The Morgan fingerprint density at radius 3 is 1.25 bits per heavy atom. The van der Waals surface area contributed by atoms with Crippen LogP contribution in [0.25, 0.3) is 0 Å². The van der Waals surface area contributed by atoms with Crippen molar-refractivity contribution >= 4 is 64.2 Å². The van der Waals surface area contributed by atoms with Crippen LogP contribution >= 0.6 is 0 Å². The highest BCUT2D eigenvalue weighted by Gasteiger charge is 2.16. The van der Waals surface area contributed by atoms with Gasteiger partial charge in [0.25, 0.3) is 17.7 Å². The smallest absolute Gasteiger partial charge is 0.337 e. The number of aromatic nitrogens is 5. The predicted molar refractivity (Wildman–Crippen MR) is 388 cm³/mol. The van der Waals surface area contributed by atoms with Gasteiger partial charge in [-0.15, -0.1) is 9.98 Å². The summed E-state index contributed by atoms with van der Waals surface area (Å²) in [7, 11) is 0. The van der Waals surface area contributed by atoms with Gasteiger partial charge in [0.1, 0.15) is 17.3 Å². The summed E-state index contributed by atoms with van der Waals surface area (Å²) < 4.78 is 10.8. The molecule has 0 unspecified atom stereocenters. The third kappa shape index (κ3) is 43.9. The summed E-state index contributed by atoms with van der Waals surface area (Å²) in [6.45, 7) is 16.0. The monoisotopic (exact) mass is 1400 g/mol. The number of ketones is 1. The van der Waals surface area contributed by atoms with Gasteiger partial charge in [0.05, 0.1) is 77.7 Å². The molecule has 0 fully saturated rings. The number of benzene rings is 2. The third-order valence-corrected chi connectivity index (χ3v) is 12.1. The standard InChI is InChI=1S/C17H16N4O3.C16H23N5O2.C9H8N2O.C8H11N3O2.C7H8N2O.C6H6N2O2.C5H13N.C2H7NO/c18-12-21-16(24-15-4-2-1-3-5-15)9-13-8-14(11-19-10-13)17(23)20-6-7-22;1-4-16(2,3)21-14(20-11-17)8-12-7-13(10-18-9-12)15(23)19-5-6-22;1-8(11-7-10)12-9-5-3-2-4-6-9;9-7-3-6(4-10-5-7)8(13)11-1-2-12;1-5(10)6-2-7(8)4-9-3-6;7-5-1-4(6(9)10)2-8-3-5;1-4-5(2,3)6;3-1-2-4/h1-5,8,10-11,22H,6-7,9H2,(H,20,23);7,9-10,22H,4-6,8H2,1-3H3,(H,19,23)(H,20,21);2-6H,1H3;3-5,12H,1-2,9H2,(H,11,13);2-4H,8H2,1H3;1-3H,7H2,(H,9,10);4,6H2,1-3H3;4H,1-3H2. The topological polar surface area (TPSA) is 556 Å². The fraction of sp³-hybridized carbons (Fsp3) is 0.314. The van der Waals surface area contributed by atoms with Crippen LogP contribution in [-0.4, -0.2) is 161 Å². The van der Waals surface area contributed by atoms with E-state index in [0.29, 0.717) is 81.1 Å². The van der Waals surface area contributed by atoms with Crippen LogP contribution in [0.3, 0.4) is 0 Å². The van der Waals surface area contributed by atoms with Crippen LogP contribution in [0.4, 0.5) is 17.1 Å². The Morgan fingerprint density at radius 2 is 0.902 bits per heavy atom. The Hall–Kier alpha value is -12.2. The van der Waals surface area contributed by atoms with Crippen molar-refractivity contribution < 1.29 is 59.0 Å². The quantitative estimate of drug-likeness (QED) is 0.0149. The summed E-state index contributed by atoms with van der Waals surface area (Å²) >= 11 is 0. The molecule has 102 heavy (non-hydrogen) atoms. The number of amidine groups is 1. The number of nitriles is 3. The van der Waals surface area contributed by atoms with Crippen molar-refractivity contribution in [1.29, 1.82) is 15.8 Å². The Labute approximate surface area is 593 Å². The van der Waals surface area contributed by atoms with Crippen LogP contribution in [0.1, 0.15) is 131 Å². The number of amides is 3. The van der Waals surface area contributed by atoms with Crippen molar-refractivity contribution in [3.63, 3.8) is 0 Å². The van der Waals surface area contributed by atoms with E-state index in [2.05, 4.69) is 68.1 Å². The molecule has 5 heterocycles. The fourth-order valence-corrected chi connectivity index (χ4v) is 6.56. The second-order valence-electron chi connectivity index (χ2n) is 21.8. The molecular weight excluding hydrogens is 1310 g/mol. The van der Waals surface area contributed by atoms with Crippen molar-refractivity contribution in [2.75, 3.05) is 69.8 Å². The molecule has 32 nitrogen and oxygen atoms in total. The van der Waals surface area contributed by atoms with Gasteiger partial charge >= 0.3 is 5.97 Å². The van der Waals surface area contributed by atoms with Gasteiger partial charge in [-0.05, 0) is 113 Å². The lowest BCUT2D eigenvalue weighted by Crippen LogP contribution is -2.30. The molecule has 0 saturated carbocycles. The van der Waals surface area contributed by atoms with Crippen molar-refractivity contribution in [2.45, 2.75) is 92.2 Å². The Balaban J connectivity index is 0.00000120. The molecule has 19 N–H and O–H groups in total. The number of nitrogens with two attached hydrogens (primary N) is 5. The highest BCUT2D eigenvalue weighted by atomic mass is 16.5. The molecular formula is C70H92N20O12. The number of anilines is 3. The summed E-state index contributed by atoms with van der Waals surface area (Å²) in [5.74, 6) is 0.408. The number of para-hydroxylation sites is 2. The number of hydrogen-bond donors (Lipinski definition) is 14. The molecule has 5 aromatic heterocycles. The van der Waals surface area contributed by atoms with E-state index in [9.17, 15) is 24.0 Å². The average Bonchev–Trinajstić information content (AvgIpc) is 0.875. The van der Waals surface area contributed by atoms with Crippen molar-refractivity contribution in [1.82, 2.24) is 46.2 Å². The number of aliphatic hydroxyl groups is 4. The van der Waals surface area contributed by atoms with E-state index in [0.717, 1.165) is 18.4 Å². The molecule has 7 rings (SSSR count). The number of carbonyl (C=O) groups excluding carboxylic acids is 4. The number of Topliss-reactive ketones (excluding diaryl/α,β-unsaturated/α-hetero) is 1. The number of aliphatic imine (C=N–C) groups is 3. The number of hydrogen-bond acceptors (Lipinski definition) is 27. The van der Waals surface area contributed by atoms with Crippen LogP contribution in [-0.2, 0) is 12.8 Å². The number of pyridine rings is 5. The fourth-order valence-electron chi connectivity index (χ4n) is 6.56. The normalized spacial score (nSPS) is 10.4. The van der Waals surface area contributed by atoms with Gasteiger partial charge in [-0.2, -0.15) is 15.8 Å². The van der Waals surface area contributed by atoms with E-state index in [4.69, 9.17) is 79.5 Å². The Bertz CT molecular complexity index is 3800. The molecule has 2 aromatic carbocycles. The second kappa shape index (κ2) is 52.8. The molecule has 0 aliphatic heterocycles. The maximum absolute atomic E-state index is 11.9. The summed E-state index contributed by atoms with van der Waals surface area (Å²) in [6.07, 6.45) is 22.4. The highest BCUT2D eigenvalue weighted by Crippen LogP contribution is 2.16. The van der Waals surface area contributed by atoms with Crippen LogP contribution in [0.5, 0.6) is 11.5 Å². The second-order valence-corrected chi connectivity index (χ2v) is 21.8. The van der Waals surface area contributed by atoms with E-state index in [1.54, 1.807) is 74.2 Å². The molecule has 32 heteroatoms. The number of rotatable bonds is 21. The Morgan fingerprint density at radius 1 is 0.529 bits per heavy atom. The molecule has 7 aromatic rings. The number of aromatic carboxylic acids is 1. The van der Waals surface area contributed by atoms with E-state index in [1.807, 2.05) is 77.2 Å². The van der Waals surface area contributed by atoms with Gasteiger partial charge in [-0.3, -0.25) is 54.4 Å². The molecule has 0 aliphatic rings. The zero-order valence-electron chi connectivity index (χ0n) is 58.3. The van der Waals surface area contributed by atoms with Crippen LogP contribution in [0.15, 0.2) is 168 Å². The molecule has 0 aliphatic carbocycles. The molecule has 3 amide bonds. The SMILES string of the molecule is CC(=NC#N)Oc1ccccc1.CC(=O)c1cncc(N)c1.CCC(C)(C)N.CCC(C)(C)N=C(Cc1cncc(C(=O)NCCO)c1)NC#N.N#CN=C(Cc1cncc(C(=O)NCCO)c1)Oc1ccccc1.NCCO.Nc1cncc(C(=O)NCCO)c1.Nc1cncc(C(=O)O)c1. The minimum Gasteiger partial charge on any atom is -0.478 e. The van der Waals surface area contributed by atoms with Gasteiger partial charge in [0.2, 0.25) is 24.2 Å². The zero-order chi connectivity index (χ0) is 76.7. The predicted octanol–water partition coefficient (Wildman–Crippen LogP) is 4.96. The van der Waals surface area contributed by atoms with E-state index < -0.39 is 5.97 Å². The molecule has 0 bridgehead atoms. The number of nitrogen functional groups attached to an aromatic ring is 3. The third-order valence-electron chi connectivity index (χ3n) is 12.1. The van der Waals surface area contributed by atoms with E-state index in [1.165, 1.54) is 68.6 Å². The summed E-state index contributed by atoms with van der Waals surface area (Å²) in [6, 6.07) is 26.0. The van der Waals surface area contributed by atoms with Crippen molar-refractivity contribution in [3.8, 4) is 30.1 Å². The first-order valence-corrected chi connectivity index (χ1v) is 31.2. The van der Waals surface area contributed by atoms with Crippen LogP contribution in [0.2, 0.25) is 0 Å². The lowest BCUT2D eigenvalue weighted by atomic mass is 10.0. The first-order valence-electron chi connectivity index (χ1n) is 31.2. The van der Waals surface area contributed by atoms with Gasteiger partial charge in [-0.1, -0.05) is 50.2 Å². The molecule has 0 saturated heterocycles.